The van der Waals surface area contributed by atoms with Crippen LogP contribution in [0.25, 0.3) is 11.0 Å². The predicted octanol–water partition coefficient (Wildman–Crippen LogP) is 0.723. The average Bonchev–Trinajstić information content (AvgIpc) is 2.96. The second kappa shape index (κ2) is 3.73. The van der Waals surface area contributed by atoms with Gasteiger partial charge in [0.05, 0.1) is 23.9 Å². The van der Waals surface area contributed by atoms with Crippen molar-refractivity contribution in [3.63, 3.8) is 0 Å². The summed E-state index contributed by atoms with van der Waals surface area (Å²) in [6, 6.07) is 8.06. The van der Waals surface area contributed by atoms with Gasteiger partial charge in [-0.1, -0.05) is 12.1 Å². The molecule has 0 unspecified atom stereocenters. The molecule has 0 spiro atoms. The van der Waals surface area contributed by atoms with Gasteiger partial charge in [0.1, 0.15) is 6.33 Å². The quantitative estimate of drug-likeness (QED) is 0.644. The summed E-state index contributed by atoms with van der Waals surface area (Å²) in [4.78, 5) is 4.32. The number of aromatic nitrogens is 6. The number of nitrogens with zero attached hydrogens (tertiary/aromatic N) is 6. The molecule has 16 heavy (non-hydrogen) atoms. The molecule has 80 valence electrons. The van der Waals surface area contributed by atoms with Crippen LogP contribution in [0.2, 0.25) is 0 Å². The lowest BCUT2D eigenvalue weighted by atomic mass is 10.3. The minimum atomic E-state index is 0.743. The smallest absolute Gasteiger partial charge is 0.138 e. The topological polar surface area (TPSA) is 61.4 Å². The molecule has 0 amide bonds. The van der Waals surface area contributed by atoms with Crippen LogP contribution in [0.3, 0.4) is 0 Å². The standard InChI is InChI=1S/C10H10N6/c1-2-4-10-9(3-1)11-7-15(10)5-6-16-8-12-13-14-16/h1-4,7-8H,5-6H2. The van der Waals surface area contributed by atoms with Crippen LogP contribution in [0.4, 0.5) is 0 Å². The highest BCUT2D eigenvalue weighted by Crippen LogP contribution is 2.11. The zero-order chi connectivity index (χ0) is 10.8. The van der Waals surface area contributed by atoms with Crippen molar-refractivity contribution in [1.29, 1.82) is 0 Å². The molecule has 1 aromatic carbocycles. The number of rotatable bonds is 3. The van der Waals surface area contributed by atoms with E-state index in [2.05, 4.69) is 31.1 Å². The third-order valence-corrected chi connectivity index (χ3v) is 2.49. The Morgan fingerprint density at radius 2 is 2.00 bits per heavy atom. The molecular weight excluding hydrogens is 204 g/mol. The SMILES string of the molecule is c1ccc2c(c1)ncn2CCn1cnnn1. The molecule has 0 saturated carbocycles. The van der Waals surface area contributed by atoms with E-state index in [1.807, 2.05) is 24.5 Å². The van der Waals surface area contributed by atoms with Crippen LogP contribution < -0.4 is 0 Å². The monoisotopic (exact) mass is 214 g/mol. The van der Waals surface area contributed by atoms with Gasteiger partial charge in [-0.15, -0.1) is 5.10 Å². The van der Waals surface area contributed by atoms with Crippen molar-refractivity contribution >= 4 is 11.0 Å². The molecule has 0 radical (unpaired) electrons. The Bertz CT molecular complexity index is 582. The van der Waals surface area contributed by atoms with E-state index in [0.717, 1.165) is 24.1 Å². The van der Waals surface area contributed by atoms with Crippen LogP contribution in [-0.4, -0.2) is 29.8 Å². The van der Waals surface area contributed by atoms with Crippen molar-refractivity contribution in [2.45, 2.75) is 13.1 Å². The Morgan fingerprint density at radius 3 is 2.88 bits per heavy atom. The number of hydrogen-bond donors (Lipinski definition) is 0. The third kappa shape index (κ3) is 1.54. The summed E-state index contributed by atoms with van der Waals surface area (Å²) in [6.07, 6.45) is 3.45. The molecule has 0 aliphatic carbocycles. The van der Waals surface area contributed by atoms with Gasteiger partial charge in [0.15, 0.2) is 0 Å². The van der Waals surface area contributed by atoms with Gasteiger partial charge in [0.25, 0.3) is 0 Å². The minimum Gasteiger partial charge on any atom is -0.329 e. The molecule has 3 aromatic rings. The average molecular weight is 214 g/mol. The van der Waals surface area contributed by atoms with Crippen molar-refractivity contribution in [3.8, 4) is 0 Å². The van der Waals surface area contributed by atoms with Gasteiger partial charge in [-0.25, -0.2) is 9.67 Å². The summed E-state index contributed by atoms with van der Waals surface area (Å²) in [7, 11) is 0. The van der Waals surface area contributed by atoms with E-state index in [-0.39, 0.29) is 0 Å². The summed E-state index contributed by atoms with van der Waals surface area (Å²) in [5, 5.41) is 11.0. The fourth-order valence-corrected chi connectivity index (χ4v) is 1.68. The molecule has 0 aliphatic heterocycles. The number of imidazole rings is 1. The Morgan fingerprint density at radius 1 is 1.06 bits per heavy atom. The van der Waals surface area contributed by atoms with Crippen LogP contribution in [0.1, 0.15) is 0 Å². The van der Waals surface area contributed by atoms with Gasteiger partial charge in [-0.3, -0.25) is 0 Å². The van der Waals surface area contributed by atoms with Crippen LogP contribution in [0, 0.1) is 0 Å². The second-order valence-corrected chi connectivity index (χ2v) is 3.50. The maximum absolute atomic E-state index is 4.32. The molecule has 6 nitrogen and oxygen atoms in total. The first-order valence-electron chi connectivity index (χ1n) is 5.04. The minimum absolute atomic E-state index is 0.743. The molecule has 0 atom stereocenters. The lowest BCUT2D eigenvalue weighted by Crippen LogP contribution is -2.07. The van der Waals surface area contributed by atoms with Crippen LogP contribution in [0.15, 0.2) is 36.9 Å². The maximum Gasteiger partial charge on any atom is 0.138 e. The van der Waals surface area contributed by atoms with Crippen molar-refractivity contribution in [2.24, 2.45) is 0 Å². The summed E-state index contributed by atoms with van der Waals surface area (Å²) in [6.45, 7) is 1.55. The number of aryl methyl sites for hydroxylation is 2. The van der Waals surface area contributed by atoms with Gasteiger partial charge in [0, 0.05) is 6.54 Å². The van der Waals surface area contributed by atoms with Crippen molar-refractivity contribution in [1.82, 2.24) is 29.8 Å². The van der Waals surface area contributed by atoms with E-state index in [9.17, 15) is 0 Å². The molecular formula is C10H10N6. The van der Waals surface area contributed by atoms with Crippen molar-refractivity contribution < 1.29 is 0 Å². The predicted molar refractivity (Wildman–Crippen MR) is 57.6 cm³/mol. The van der Waals surface area contributed by atoms with Crippen LogP contribution in [0.5, 0.6) is 0 Å². The lowest BCUT2D eigenvalue weighted by Gasteiger charge is -2.02. The Kier molecular flexibility index (Phi) is 2.10. The molecule has 0 N–H and O–H groups in total. The lowest BCUT2D eigenvalue weighted by molar-refractivity contribution is 0.526. The van der Waals surface area contributed by atoms with E-state index in [1.54, 1.807) is 11.0 Å². The normalized spacial score (nSPS) is 11.0. The zero-order valence-electron chi connectivity index (χ0n) is 8.56. The summed E-state index contributed by atoms with van der Waals surface area (Å²) < 4.78 is 3.80. The van der Waals surface area contributed by atoms with Gasteiger partial charge in [0.2, 0.25) is 0 Å². The molecule has 0 bridgehead atoms. The largest absolute Gasteiger partial charge is 0.329 e. The molecule has 6 heteroatoms. The first-order valence-corrected chi connectivity index (χ1v) is 5.04. The highest BCUT2D eigenvalue weighted by molar-refractivity contribution is 5.74. The van der Waals surface area contributed by atoms with Crippen LogP contribution in [-0.2, 0) is 13.1 Å². The molecule has 0 aliphatic rings. The first kappa shape index (κ1) is 9.02. The van der Waals surface area contributed by atoms with Gasteiger partial charge in [-0.05, 0) is 22.6 Å². The highest BCUT2D eigenvalue weighted by atomic mass is 15.5. The Balaban J connectivity index is 1.84. The number of para-hydroxylation sites is 2. The van der Waals surface area contributed by atoms with E-state index < -0.39 is 0 Å². The number of benzene rings is 1. The zero-order valence-corrected chi connectivity index (χ0v) is 8.56. The molecule has 2 aromatic heterocycles. The number of tetrazole rings is 1. The fraction of sp³-hybridized carbons (Fsp3) is 0.200. The fourth-order valence-electron chi connectivity index (χ4n) is 1.68. The van der Waals surface area contributed by atoms with Crippen molar-refractivity contribution in [2.75, 3.05) is 0 Å². The van der Waals surface area contributed by atoms with Gasteiger partial charge >= 0.3 is 0 Å². The Hall–Kier alpha value is -2.24. The molecule has 0 saturated heterocycles. The third-order valence-electron chi connectivity index (χ3n) is 2.49. The van der Waals surface area contributed by atoms with E-state index in [1.165, 1.54) is 0 Å². The summed E-state index contributed by atoms with van der Waals surface area (Å²) >= 11 is 0. The van der Waals surface area contributed by atoms with E-state index in [0.29, 0.717) is 0 Å². The highest BCUT2D eigenvalue weighted by Gasteiger charge is 2.01. The second-order valence-electron chi connectivity index (χ2n) is 3.50. The number of fused-ring (bicyclic) bond motifs is 1. The molecule has 3 rings (SSSR count). The van der Waals surface area contributed by atoms with Crippen molar-refractivity contribution in [3.05, 3.63) is 36.9 Å². The van der Waals surface area contributed by atoms with Gasteiger partial charge < -0.3 is 4.57 Å². The van der Waals surface area contributed by atoms with E-state index >= 15 is 0 Å². The van der Waals surface area contributed by atoms with E-state index in [4.69, 9.17) is 0 Å². The first-order chi connectivity index (χ1) is 7.93. The number of hydrogen-bond acceptors (Lipinski definition) is 4. The van der Waals surface area contributed by atoms with Gasteiger partial charge in [-0.2, -0.15) is 0 Å². The Labute approximate surface area is 91.5 Å². The maximum atomic E-state index is 4.32. The summed E-state index contributed by atoms with van der Waals surface area (Å²) in [5.41, 5.74) is 2.15. The van der Waals surface area contributed by atoms with Crippen LogP contribution >= 0.6 is 0 Å². The molecule has 0 fully saturated rings. The summed E-state index contributed by atoms with van der Waals surface area (Å²) in [5.74, 6) is 0. The molecule has 2 heterocycles.